The molecule has 0 saturated carbocycles. The Morgan fingerprint density at radius 2 is 1.75 bits per heavy atom. The van der Waals surface area contributed by atoms with Crippen LogP contribution in [-0.2, 0) is 0 Å². The van der Waals surface area contributed by atoms with E-state index < -0.39 is 5.97 Å². The first-order valence-electron chi connectivity index (χ1n) is 11.7. The number of rotatable bonds is 9. The van der Waals surface area contributed by atoms with Crippen LogP contribution in [0.15, 0.2) is 63.8 Å². The summed E-state index contributed by atoms with van der Waals surface area (Å²) in [5.74, 6) is -0.826. The number of aromatic hydroxyl groups is 1. The summed E-state index contributed by atoms with van der Waals surface area (Å²) in [7, 11) is 0. The van der Waals surface area contributed by atoms with Gasteiger partial charge in [-0.2, -0.15) is 0 Å². The number of nitrogens with one attached hydrogen (secondary N) is 2. The van der Waals surface area contributed by atoms with E-state index in [1.165, 1.54) is 30.3 Å². The Balaban J connectivity index is 1.68. The number of aromatic carboxylic acids is 1. The lowest BCUT2D eigenvalue weighted by Gasteiger charge is -2.18. The van der Waals surface area contributed by atoms with E-state index in [2.05, 4.69) is 10.6 Å². The number of nitrogens with two attached hydrogens (primary N) is 1. The number of hydrogen-bond donors (Lipinski definition) is 5. The maximum Gasteiger partial charge on any atom is 0.336 e. The van der Waals surface area contributed by atoms with E-state index in [0.717, 1.165) is 25.7 Å². The Morgan fingerprint density at radius 3 is 2.53 bits per heavy atom. The van der Waals surface area contributed by atoms with Crippen LogP contribution in [0.3, 0.4) is 0 Å². The smallest absolute Gasteiger partial charge is 0.336 e. The Morgan fingerprint density at radius 1 is 0.972 bits per heavy atom. The Bertz CT molecular complexity index is 1450. The van der Waals surface area contributed by atoms with Gasteiger partial charge in [0.25, 0.3) is 0 Å². The van der Waals surface area contributed by atoms with E-state index in [4.69, 9.17) is 22.4 Å². The maximum absolute atomic E-state index is 12.3. The topological polar surface area (TPSA) is 138 Å². The first-order valence-corrected chi connectivity index (χ1v) is 12.1. The molecular formula is C27H27N3O5S. The van der Waals surface area contributed by atoms with Crippen molar-refractivity contribution in [2.24, 2.45) is 5.73 Å². The Labute approximate surface area is 213 Å². The van der Waals surface area contributed by atoms with Crippen LogP contribution in [0.5, 0.6) is 5.75 Å². The molecule has 0 fully saturated rings. The molecule has 2 aliphatic rings. The molecule has 0 amide bonds. The molecule has 8 nitrogen and oxygen atoms in total. The molecule has 6 N–H and O–H groups in total. The molecular weight excluding hydrogens is 478 g/mol. The molecule has 0 atom stereocenters. The molecule has 0 saturated heterocycles. The highest BCUT2D eigenvalue weighted by Gasteiger charge is 2.22. The highest BCUT2D eigenvalue weighted by atomic mass is 32.1. The molecule has 4 rings (SSSR count). The van der Waals surface area contributed by atoms with Crippen molar-refractivity contribution < 1.29 is 19.4 Å². The number of carbonyl (C=O) groups is 1. The Kier molecular flexibility index (Phi) is 7.82. The molecule has 0 radical (unpaired) electrons. The predicted octanol–water partition coefficient (Wildman–Crippen LogP) is 4.77. The van der Waals surface area contributed by atoms with Gasteiger partial charge >= 0.3 is 5.97 Å². The summed E-state index contributed by atoms with van der Waals surface area (Å²) in [6.45, 7) is 1.40. The van der Waals surface area contributed by atoms with Crippen LogP contribution in [0, 0.1) is 0 Å². The third-order valence-electron chi connectivity index (χ3n) is 5.87. The highest BCUT2D eigenvalue weighted by Crippen LogP contribution is 2.42. The van der Waals surface area contributed by atoms with Crippen LogP contribution in [0.2, 0.25) is 0 Å². The molecule has 0 spiro atoms. The molecule has 1 aliphatic carbocycles. The van der Waals surface area contributed by atoms with E-state index >= 15 is 0 Å². The number of hydrogen-bond acceptors (Lipinski definition) is 6. The summed E-state index contributed by atoms with van der Waals surface area (Å²) in [5, 5.41) is 27.2. The number of thiocarbonyl (C=S) groups is 1. The maximum atomic E-state index is 12.3. The van der Waals surface area contributed by atoms with Crippen LogP contribution in [0.4, 0.5) is 5.69 Å². The molecule has 9 heteroatoms. The van der Waals surface area contributed by atoms with Gasteiger partial charge in [0.05, 0.1) is 5.56 Å². The van der Waals surface area contributed by atoms with Gasteiger partial charge in [-0.1, -0.05) is 18.9 Å². The fourth-order valence-electron chi connectivity index (χ4n) is 4.17. The molecule has 186 valence electrons. The van der Waals surface area contributed by atoms with Crippen LogP contribution < -0.4 is 21.8 Å². The normalized spacial score (nSPS) is 11.0. The van der Waals surface area contributed by atoms with Crippen molar-refractivity contribution in [2.45, 2.75) is 25.7 Å². The SMILES string of the molecule is NCCCCCCNC(=S)Nc1ccc(-c2c3ccc(=O)cc-3oc3cc(O)ccc23)c(C(=O)O)c1. The number of carboxylic acids is 1. The monoisotopic (exact) mass is 505 g/mol. The summed E-state index contributed by atoms with van der Waals surface area (Å²) in [4.78, 5) is 24.3. The zero-order valence-electron chi connectivity index (χ0n) is 19.5. The van der Waals surface area contributed by atoms with Gasteiger partial charge in [-0.25, -0.2) is 4.79 Å². The molecule has 0 aromatic heterocycles. The van der Waals surface area contributed by atoms with Crippen LogP contribution in [0.1, 0.15) is 36.0 Å². The van der Waals surface area contributed by atoms with Gasteiger partial charge in [0.1, 0.15) is 17.1 Å². The second-order valence-electron chi connectivity index (χ2n) is 8.46. The Hall–Kier alpha value is -3.95. The number of unbranched alkanes of at least 4 members (excludes halogenated alkanes) is 3. The standard InChI is InChI=1S/C27H27N3O5S/c28-11-3-1-2-4-12-29-27(36)30-16-5-8-19(22(13-16)26(33)34)25-20-9-6-17(31)14-23(20)35-24-15-18(32)7-10-21(24)25/h5-10,13-15,31H,1-4,11-12,28H2,(H,33,34)(H2,29,30,36). The molecule has 36 heavy (non-hydrogen) atoms. The lowest BCUT2D eigenvalue weighted by atomic mass is 9.90. The summed E-state index contributed by atoms with van der Waals surface area (Å²) in [5.41, 5.74) is 7.81. The molecule has 1 heterocycles. The van der Waals surface area contributed by atoms with Crippen molar-refractivity contribution in [3.63, 3.8) is 0 Å². The van der Waals surface area contributed by atoms with E-state index in [0.29, 0.717) is 57.3 Å². The second-order valence-corrected chi connectivity index (χ2v) is 8.87. The van der Waals surface area contributed by atoms with Crippen molar-refractivity contribution in [2.75, 3.05) is 18.4 Å². The van der Waals surface area contributed by atoms with Crippen LogP contribution >= 0.6 is 12.2 Å². The average Bonchev–Trinajstić information content (AvgIpc) is 2.84. The van der Waals surface area contributed by atoms with Crippen molar-refractivity contribution >= 4 is 40.0 Å². The largest absolute Gasteiger partial charge is 0.508 e. The quantitative estimate of drug-likeness (QED) is 0.124. The van der Waals surface area contributed by atoms with Crippen LogP contribution in [-0.4, -0.2) is 34.4 Å². The first-order chi connectivity index (χ1) is 17.4. The van der Waals surface area contributed by atoms with E-state index in [9.17, 15) is 19.8 Å². The number of fused-ring (bicyclic) bond motifs is 2. The van der Waals surface area contributed by atoms with Gasteiger partial charge in [0, 0.05) is 40.9 Å². The number of benzene rings is 3. The fourth-order valence-corrected chi connectivity index (χ4v) is 4.39. The van der Waals surface area contributed by atoms with Crippen molar-refractivity contribution in [1.82, 2.24) is 5.32 Å². The van der Waals surface area contributed by atoms with Gasteiger partial charge in [0.2, 0.25) is 0 Å². The minimum atomic E-state index is -1.12. The molecule has 2 aromatic carbocycles. The molecule has 1 aliphatic heterocycles. The summed E-state index contributed by atoms with van der Waals surface area (Å²) in [6.07, 6.45) is 4.10. The number of phenols is 1. The molecule has 0 bridgehead atoms. The summed E-state index contributed by atoms with van der Waals surface area (Å²) < 4.78 is 5.86. The van der Waals surface area contributed by atoms with Gasteiger partial charge in [0.15, 0.2) is 10.5 Å². The lowest BCUT2D eigenvalue weighted by molar-refractivity contribution is 0.0697. The number of phenolic OH excluding ortho intramolecular Hbond substituents is 1. The fraction of sp³-hybridized carbons (Fsp3) is 0.222. The van der Waals surface area contributed by atoms with Gasteiger partial charge in [-0.15, -0.1) is 0 Å². The third-order valence-corrected chi connectivity index (χ3v) is 6.12. The number of carboxylic acid groups (broad SMARTS) is 1. The van der Waals surface area contributed by atoms with E-state index in [-0.39, 0.29) is 16.7 Å². The van der Waals surface area contributed by atoms with Crippen molar-refractivity contribution in [3.05, 3.63) is 70.4 Å². The van der Waals surface area contributed by atoms with Gasteiger partial charge in [-0.05, 0) is 73.6 Å². The van der Waals surface area contributed by atoms with Gasteiger partial charge < -0.3 is 31.0 Å². The molecule has 0 unspecified atom stereocenters. The van der Waals surface area contributed by atoms with Crippen molar-refractivity contribution in [1.29, 1.82) is 0 Å². The van der Waals surface area contributed by atoms with E-state index in [1.54, 1.807) is 24.3 Å². The highest BCUT2D eigenvalue weighted by molar-refractivity contribution is 7.80. The minimum absolute atomic E-state index is 0.00627. The predicted molar refractivity (Wildman–Crippen MR) is 145 cm³/mol. The first kappa shape index (κ1) is 25.2. The number of anilines is 1. The average molecular weight is 506 g/mol. The minimum Gasteiger partial charge on any atom is -0.508 e. The van der Waals surface area contributed by atoms with Crippen molar-refractivity contribution in [3.8, 4) is 28.2 Å². The lowest BCUT2D eigenvalue weighted by Crippen LogP contribution is -2.29. The second kappa shape index (κ2) is 11.2. The summed E-state index contributed by atoms with van der Waals surface area (Å²) in [6, 6.07) is 14.0. The summed E-state index contributed by atoms with van der Waals surface area (Å²) >= 11 is 5.37. The molecule has 2 aromatic rings. The zero-order valence-corrected chi connectivity index (χ0v) is 20.4. The zero-order chi connectivity index (χ0) is 25.7. The third kappa shape index (κ3) is 5.64. The van der Waals surface area contributed by atoms with Crippen LogP contribution in [0.25, 0.3) is 33.4 Å². The van der Waals surface area contributed by atoms with Gasteiger partial charge in [-0.3, -0.25) is 4.79 Å². The van der Waals surface area contributed by atoms with E-state index in [1.807, 2.05) is 0 Å².